The van der Waals surface area contributed by atoms with E-state index in [-0.39, 0.29) is 31.5 Å². The maximum Gasteiger partial charge on any atom is 0.481 e. The topological polar surface area (TPSA) is 326 Å². The van der Waals surface area contributed by atoms with Gasteiger partial charge in [0.05, 0.1) is 31.5 Å². The summed E-state index contributed by atoms with van der Waals surface area (Å²) >= 11 is 0. The first-order valence-corrected chi connectivity index (χ1v) is 25.8. The number of hydrogen-bond acceptors (Lipinski definition) is 18. The molecule has 382 valence electrons. The van der Waals surface area contributed by atoms with Crippen LogP contribution in [-0.2, 0) is 46.3 Å². The average Bonchev–Trinajstić information content (AvgIpc) is 3.53. The Labute approximate surface area is 392 Å². The van der Waals surface area contributed by atoms with Crippen molar-refractivity contribution in [2.24, 2.45) is 5.92 Å². The Morgan fingerprint density at radius 3 is 2.09 bits per heavy atom. The largest absolute Gasteiger partial charge is 0.481 e. The number of nitrogen functional groups attached to an aromatic ring is 1. The monoisotopic (exact) mass is 993 g/mol. The van der Waals surface area contributed by atoms with Crippen LogP contribution in [-0.4, -0.2) is 119 Å². The smallest absolute Gasteiger partial charge is 0.462 e. The number of esters is 2. The van der Waals surface area contributed by atoms with E-state index >= 15 is 0 Å². The van der Waals surface area contributed by atoms with Gasteiger partial charge < -0.3 is 55.3 Å². The van der Waals surface area contributed by atoms with Gasteiger partial charge in [-0.25, -0.2) is 13.9 Å². The summed E-state index contributed by atoms with van der Waals surface area (Å²) < 4.78 is 56.2. The second-order valence-corrected chi connectivity index (χ2v) is 19.6. The number of carbonyl (C=O) groups is 2. The van der Waals surface area contributed by atoms with E-state index in [4.69, 9.17) is 29.0 Å². The molecule has 0 amide bonds. The van der Waals surface area contributed by atoms with E-state index in [9.17, 15) is 58.8 Å². The SMILES string of the molecule is CCCCC[C@@H](O)/C=C/C=C\C=C\C=C\[C@@H](O)[C@H](O)CCCC(=O)OC[C@H](COP(=O)(O)OP(=O)(O)OC[C@H]1O[C@@H](n2ccc(N)nc2=O)[C@H](O)[C@@H]1O)OC(=O)CCCCCCCCC(C)C. The molecule has 0 saturated carbocycles. The molecule has 0 aliphatic carbocycles. The zero-order valence-electron chi connectivity index (χ0n) is 38.7. The van der Waals surface area contributed by atoms with Crippen LogP contribution in [0.1, 0.15) is 123 Å². The van der Waals surface area contributed by atoms with Crippen molar-refractivity contribution in [2.45, 2.75) is 166 Å². The molecule has 1 saturated heterocycles. The molecule has 21 nitrogen and oxygen atoms in total. The first-order valence-electron chi connectivity index (χ1n) is 22.8. The first-order chi connectivity index (χ1) is 31.7. The number of aliphatic hydroxyl groups is 5. The second kappa shape index (κ2) is 32.4. The predicted molar refractivity (Wildman–Crippen MR) is 247 cm³/mol. The fourth-order valence-corrected chi connectivity index (χ4v) is 8.58. The minimum absolute atomic E-state index is 0.0102. The number of allylic oxidation sites excluding steroid dienone is 6. The van der Waals surface area contributed by atoms with Crippen LogP contribution in [0.15, 0.2) is 65.7 Å². The van der Waals surface area contributed by atoms with Crippen molar-refractivity contribution in [2.75, 3.05) is 25.6 Å². The van der Waals surface area contributed by atoms with E-state index in [0.717, 1.165) is 68.6 Å². The minimum atomic E-state index is -5.49. The number of aliphatic hydroxyl groups excluding tert-OH is 5. The van der Waals surface area contributed by atoms with Gasteiger partial charge in [-0.1, -0.05) is 127 Å². The van der Waals surface area contributed by atoms with Crippen molar-refractivity contribution in [3.63, 3.8) is 0 Å². The van der Waals surface area contributed by atoms with E-state index in [1.165, 1.54) is 12.1 Å². The summed E-state index contributed by atoms with van der Waals surface area (Å²) in [6.07, 6.45) is 13.5. The maximum atomic E-state index is 12.8. The van der Waals surface area contributed by atoms with Crippen LogP contribution in [0, 0.1) is 5.92 Å². The Morgan fingerprint density at radius 1 is 0.806 bits per heavy atom. The minimum Gasteiger partial charge on any atom is -0.462 e. The van der Waals surface area contributed by atoms with E-state index in [2.05, 4.69) is 30.1 Å². The van der Waals surface area contributed by atoms with Crippen LogP contribution in [0.2, 0.25) is 0 Å². The quantitative estimate of drug-likeness (QED) is 0.0192. The number of carbonyl (C=O) groups excluding carboxylic acids is 2. The highest BCUT2D eigenvalue weighted by atomic mass is 31.3. The number of anilines is 1. The van der Waals surface area contributed by atoms with Crippen LogP contribution in [0.3, 0.4) is 0 Å². The highest BCUT2D eigenvalue weighted by molar-refractivity contribution is 7.61. The standard InChI is InChI=1S/C44H73N3O18P2/c1-4-5-14-21-33(48)22-16-11-7-8-12-17-23-35(49)36(50)24-19-26-39(51)60-29-34(63-40(52)25-18-13-9-6-10-15-20-32(2)3)30-61-66(56,57)65-67(58,59)62-31-37-41(53)42(54)43(64-37)47-28-27-38(45)46-44(47)55/h7-8,11-12,16-17,22-23,27-28,32-37,41-43,48-50,53-54H,4-6,9-10,13-15,18-21,24-26,29-31H2,1-3H3,(H,56,57)(H,58,59)(H2,45,46,55)/b11-7-,12-8+,22-16+,23-17+/t33-,34-,35-,36-,37-,41-,42-,43-/m1/s1. The zero-order valence-corrected chi connectivity index (χ0v) is 40.5. The molecule has 1 aliphatic rings. The van der Waals surface area contributed by atoms with Gasteiger partial charge in [0.15, 0.2) is 12.3 Å². The van der Waals surface area contributed by atoms with Gasteiger partial charge in [0.1, 0.15) is 30.7 Å². The molecule has 0 radical (unpaired) electrons. The van der Waals surface area contributed by atoms with Gasteiger partial charge in [-0.05, 0) is 37.7 Å². The Balaban J connectivity index is 1.90. The Bertz CT molecular complexity index is 1880. The molecule has 0 spiro atoms. The van der Waals surface area contributed by atoms with Crippen LogP contribution < -0.4 is 11.4 Å². The molecule has 2 unspecified atom stereocenters. The molecule has 0 aromatic carbocycles. The fourth-order valence-electron chi connectivity index (χ4n) is 6.47. The van der Waals surface area contributed by atoms with E-state index < -0.39 is 102 Å². The summed E-state index contributed by atoms with van der Waals surface area (Å²) in [6, 6.07) is 1.22. The molecular weight excluding hydrogens is 920 g/mol. The van der Waals surface area contributed by atoms with E-state index in [1.807, 2.05) is 0 Å². The lowest BCUT2D eigenvalue weighted by molar-refractivity contribution is -0.161. The number of aromatic nitrogens is 2. The van der Waals surface area contributed by atoms with Gasteiger partial charge in [-0.15, -0.1) is 0 Å². The van der Waals surface area contributed by atoms with E-state index in [0.29, 0.717) is 18.8 Å². The summed E-state index contributed by atoms with van der Waals surface area (Å²) in [5.74, 6) is -1.03. The predicted octanol–water partition coefficient (Wildman–Crippen LogP) is 4.99. The third-order valence-corrected chi connectivity index (χ3v) is 12.8. The third kappa shape index (κ3) is 26.2. The van der Waals surface area contributed by atoms with Gasteiger partial charge in [0.25, 0.3) is 0 Å². The lowest BCUT2D eigenvalue weighted by Gasteiger charge is -2.21. The average molecular weight is 994 g/mol. The van der Waals surface area contributed by atoms with Crippen molar-refractivity contribution in [3.8, 4) is 0 Å². The van der Waals surface area contributed by atoms with Crippen molar-refractivity contribution in [1.82, 2.24) is 9.55 Å². The lowest BCUT2D eigenvalue weighted by atomic mass is 10.0. The van der Waals surface area contributed by atoms with E-state index in [1.54, 1.807) is 42.5 Å². The number of rotatable bonds is 35. The molecule has 0 bridgehead atoms. The molecule has 9 N–H and O–H groups in total. The Morgan fingerprint density at radius 2 is 1.42 bits per heavy atom. The number of ether oxygens (including phenoxy) is 3. The molecule has 23 heteroatoms. The maximum absolute atomic E-state index is 12.8. The normalized spacial score (nSPS) is 21.5. The molecule has 2 heterocycles. The third-order valence-electron chi connectivity index (χ3n) is 10.2. The first kappa shape index (κ1) is 59.7. The van der Waals surface area contributed by atoms with Crippen molar-refractivity contribution < 1.29 is 81.6 Å². The summed E-state index contributed by atoms with van der Waals surface area (Å²) in [5, 5.41) is 51.4. The van der Waals surface area contributed by atoms with Crippen LogP contribution >= 0.6 is 15.6 Å². The van der Waals surface area contributed by atoms with Crippen molar-refractivity contribution >= 4 is 33.4 Å². The fraction of sp³-hybridized carbons (Fsp3) is 0.682. The van der Waals surface area contributed by atoms with Gasteiger partial charge in [0.2, 0.25) is 0 Å². The van der Waals surface area contributed by atoms with Gasteiger partial charge in [0, 0.05) is 19.0 Å². The molecule has 1 fully saturated rings. The molecule has 67 heavy (non-hydrogen) atoms. The number of phosphoric ester groups is 2. The van der Waals surface area contributed by atoms with Crippen LogP contribution in [0.4, 0.5) is 5.82 Å². The molecular formula is C44H73N3O18P2. The van der Waals surface area contributed by atoms with Gasteiger partial charge >= 0.3 is 33.3 Å². The summed E-state index contributed by atoms with van der Waals surface area (Å²) in [6.45, 7) is 3.83. The number of nitrogens with two attached hydrogens (primary N) is 1. The second-order valence-electron chi connectivity index (χ2n) is 16.6. The summed E-state index contributed by atoms with van der Waals surface area (Å²) in [7, 11) is -11.0. The highest BCUT2D eigenvalue weighted by Gasteiger charge is 2.46. The van der Waals surface area contributed by atoms with Gasteiger partial charge in [-0.3, -0.25) is 23.2 Å². The van der Waals surface area contributed by atoms with Crippen LogP contribution in [0.5, 0.6) is 0 Å². The zero-order chi connectivity index (χ0) is 49.8. The Hall–Kier alpha value is -3.40. The molecule has 1 aromatic heterocycles. The Kier molecular flexibility index (Phi) is 28.9. The van der Waals surface area contributed by atoms with Crippen LogP contribution in [0.25, 0.3) is 0 Å². The summed E-state index contributed by atoms with van der Waals surface area (Å²) in [5.41, 5.74) is 4.54. The molecule has 1 aromatic rings. The summed E-state index contributed by atoms with van der Waals surface area (Å²) in [4.78, 5) is 61.6. The highest BCUT2D eigenvalue weighted by Crippen LogP contribution is 2.60. The molecule has 10 atom stereocenters. The van der Waals surface area contributed by atoms with Crippen molar-refractivity contribution in [1.29, 1.82) is 0 Å². The lowest BCUT2D eigenvalue weighted by Crippen LogP contribution is -2.36. The molecule has 1 aliphatic heterocycles. The van der Waals surface area contributed by atoms with Gasteiger partial charge in [-0.2, -0.15) is 9.29 Å². The number of nitrogens with zero attached hydrogens (tertiary/aromatic N) is 2. The van der Waals surface area contributed by atoms with Crippen molar-refractivity contribution in [3.05, 3.63) is 71.4 Å². The number of phosphoric acid groups is 2. The number of unbranched alkanes of at least 4 members (excludes halogenated alkanes) is 7. The number of hydrogen-bond donors (Lipinski definition) is 8. The molecule has 2 rings (SSSR count).